The highest BCUT2D eigenvalue weighted by Crippen LogP contribution is 2.14. The number of aryl methyl sites for hydroxylation is 3. The van der Waals surface area contributed by atoms with Gasteiger partial charge in [0.05, 0.1) is 6.21 Å². The fourth-order valence-corrected chi connectivity index (χ4v) is 2.78. The first-order valence-corrected chi connectivity index (χ1v) is 8.38. The summed E-state index contributed by atoms with van der Waals surface area (Å²) in [5.74, 6) is 0.417. The first-order chi connectivity index (χ1) is 11.9. The summed E-state index contributed by atoms with van der Waals surface area (Å²) < 4.78 is 15.1. The molecule has 1 N–H and O–H groups in total. The smallest absolute Gasteiger partial charge is 0.216 e. The number of benzene rings is 2. The Labute approximate surface area is 151 Å². The van der Waals surface area contributed by atoms with Crippen LogP contribution in [-0.4, -0.2) is 21.1 Å². The van der Waals surface area contributed by atoms with Gasteiger partial charge in [0, 0.05) is 6.42 Å². The average Bonchev–Trinajstić information content (AvgIpc) is 2.92. The van der Waals surface area contributed by atoms with Gasteiger partial charge in [-0.15, -0.1) is 0 Å². The Kier molecular flexibility index (Phi) is 4.90. The van der Waals surface area contributed by atoms with Crippen molar-refractivity contribution >= 4 is 18.4 Å². The summed E-state index contributed by atoms with van der Waals surface area (Å²) in [4.78, 5) is 0. The van der Waals surface area contributed by atoms with E-state index >= 15 is 0 Å². The minimum atomic E-state index is -0.258. The van der Waals surface area contributed by atoms with Crippen molar-refractivity contribution in [3.63, 3.8) is 0 Å². The van der Waals surface area contributed by atoms with E-state index in [-0.39, 0.29) is 5.82 Å². The zero-order valence-corrected chi connectivity index (χ0v) is 15.2. The number of H-pyrrole nitrogens is 1. The third-order valence-electron chi connectivity index (χ3n) is 4.19. The Balaban J connectivity index is 1.91. The molecule has 2 aromatic carbocycles. The molecule has 0 bridgehead atoms. The molecule has 1 aromatic heterocycles. The van der Waals surface area contributed by atoms with Gasteiger partial charge >= 0.3 is 0 Å². The summed E-state index contributed by atoms with van der Waals surface area (Å²) in [5, 5.41) is 11.5. The molecule has 3 aromatic rings. The lowest BCUT2D eigenvalue weighted by molar-refractivity contribution is 0.627. The van der Waals surface area contributed by atoms with E-state index < -0.39 is 0 Å². The Bertz CT molecular complexity index is 984. The number of aromatic nitrogens is 3. The molecule has 1 heterocycles. The van der Waals surface area contributed by atoms with Crippen LogP contribution >= 0.6 is 12.2 Å². The number of aromatic amines is 1. The monoisotopic (exact) mass is 354 g/mol. The van der Waals surface area contributed by atoms with E-state index in [9.17, 15) is 4.39 Å². The van der Waals surface area contributed by atoms with Gasteiger partial charge in [0.1, 0.15) is 5.82 Å². The Hall–Kier alpha value is -2.60. The molecule has 3 rings (SSSR count). The number of halogens is 1. The molecule has 0 saturated carbocycles. The molecule has 0 fully saturated rings. The Morgan fingerprint density at radius 1 is 1.12 bits per heavy atom. The van der Waals surface area contributed by atoms with E-state index in [4.69, 9.17) is 12.2 Å². The molecule has 0 spiro atoms. The van der Waals surface area contributed by atoms with E-state index in [2.05, 4.69) is 48.2 Å². The van der Waals surface area contributed by atoms with Crippen LogP contribution in [0.1, 0.15) is 33.6 Å². The van der Waals surface area contributed by atoms with Crippen LogP contribution in [0.5, 0.6) is 0 Å². The summed E-state index contributed by atoms with van der Waals surface area (Å²) in [5.41, 5.74) is 5.61. The van der Waals surface area contributed by atoms with Crippen LogP contribution in [0.4, 0.5) is 4.39 Å². The van der Waals surface area contributed by atoms with Crippen LogP contribution < -0.4 is 0 Å². The minimum Gasteiger partial charge on any atom is -0.250 e. The van der Waals surface area contributed by atoms with E-state index in [1.807, 2.05) is 0 Å². The van der Waals surface area contributed by atoms with Crippen molar-refractivity contribution in [2.75, 3.05) is 0 Å². The lowest BCUT2D eigenvalue weighted by Gasteiger charge is -2.06. The summed E-state index contributed by atoms with van der Waals surface area (Å²) in [6.45, 7) is 6.23. The van der Waals surface area contributed by atoms with Crippen molar-refractivity contribution in [3.8, 4) is 0 Å². The highest BCUT2D eigenvalue weighted by Gasteiger charge is 2.07. The lowest BCUT2D eigenvalue weighted by atomic mass is 10.0. The summed E-state index contributed by atoms with van der Waals surface area (Å²) >= 11 is 5.28. The standard InChI is InChI=1S/C19H19FN4S/c1-12-8-14(3)16(9-13(12)2)11-21-24-18(22-23-19(24)25)10-15-4-6-17(20)7-5-15/h4-9,11H,10H2,1-3H3,(H,23,25)/b21-11-. The van der Waals surface area contributed by atoms with Gasteiger partial charge < -0.3 is 0 Å². The average molecular weight is 354 g/mol. The normalized spacial score (nSPS) is 11.4. The van der Waals surface area contributed by atoms with Crippen LogP contribution in [0.2, 0.25) is 0 Å². The van der Waals surface area contributed by atoms with Crippen molar-refractivity contribution in [1.82, 2.24) is 14.9 Å². The number of nitrogens with zero attached hydrogens (tertiary/aromatic N) is 3. The largest absolute Gasteiger partial charge is 0.250 e. The van der Waals surface area contributed by atoms with Crippen molar-refractivity contribution in [2.45, 2.75) is 27.2 Å². The van der Waals surface area contributed by atoms with Gasteiger partial charge in [-0.2, -0.15) is 14.9 Å². The zero-order valence-electron chi connectivity index (χ0n) is 14.4. The van der Waals surface area contributed by atoms with Crippen molar-refractivity contribution in [2.24, 2.45) is 5.10 Å². The van der Waals surface area contributed by atoms with E-state index in [0.717, 1.165) is 16.7 Å². The maximum Gasteiger partial charge on any atom is 0.216 e. The summed E-state index contributed by atoms with van der Waals surface area (Å²) in [7, 11) is 0. The third-order valence-corrected chi connectivity index (χ3v) is 4.45. The van der Waals surface area contributed by atoms with Gasteiger partial charge in [-0.3, -0.25) is 5.10 Å². The zero-order chi connectivity index (χ0) is 18.0. The first kappa shape index (κ1) is 17.2. The number of nitrogens with one attached hydrogen (secondary N) is 1. The Morgan fingerprint density at radius 2 is 1.80 bits per heavy atom. The van der Waals surface area contributed by atoms with E-state index in [1.54, 1.807) is 23.0 Å². The second-order valence-electron chi connectivity index (χ2n) is 6.10. The number of rotatable bonds is 4. The molecule has 0 unspecified atom stereocenters. The second kappa shape index (κ2) is 7.11. The maximum absolute atomic E-state index is 13.0. The predicted octanol–water partition coefficient (Wildman–Crippen LogP) is 4.48. The van der Waals surface area contributed by atoms with Gasteiger partial charge in [-0.25, -0.2) is 4.39 Å². The first-order valence-electron chi connectivity index (χ1n) is 7.97. The molecule has 25 heavy (non-hydrogen) atoms. The molecule has 0 saturated heterocycles. The van der Waals surface area contributed by atoms with Crippen molar-refractivity contribution in [3.05, 3.63) is 80.6 Å². The summed E-state index contributed by atoms with van der Waals surface area (Å²) in [6, 6.07) is 10.6. The fourth-order valence-electron chi connectivity index (χ4n) is 2.58. The van der Waals surface area contributed by atoms with Crippen LogP contribution in [-0.2, 0) is 6.42 Å². The Morgan fingerprint density at radius 3 is 2.52 bits per heavy atom. The molecular formula is C19H19FN4S. The molecule has 0 aliphatic heterocycles. The maximum atomic E-state index is 13.0. The molecular weight excluding hydrogens is 335 g/mol. The van der Waals surface area contributed by atoms with Crippen LogP contribution in [0, 0.1) is 31.4 Å². The highest BCUT2D eigenvalue weighted by molar-refractivity contribution is 7.71. The molecule has 0 aliphatic carbocycles. The van der Waals surface area contributed by atoms with Gasteiger partial charge in [-0.05, 0) is 79.0 Å². The second-order valence-corrected chi connectivity index (χ2v) is 6.48. The molecule has 128 valence electrons. The van der Waals surface area contributed by atoms with Gasteiger partial charge in [0.2, 0.25) is 4.77 Å². The highest BCUT2D eigenvalue weighted by atomic mass is 32.1. The minimum absolute atomic E-state index is 0.258. The lowest BCUT2D eigenvalue weighted by Crippen LogP contribution is -2.01. The van der Waals surface area contributed by atoms with Gasteiger partial charge in [0.15, 0.2) is 5.82 Å². The van der Waals surface area contributed by atoms with Gasteiger partial charge in [-0.1, -0.05) is 18.2 Å². The fraction of sp³-hybridized carbons (Fsp3) is 0.211. The number of hydrogen-bond acceptors (Lipinski definition) is 3. The quantitative estimate of drug-likeness (QED) is 0.555. The molecule has 0 amide bonds. The van der Waals surface area contributed by atoms with E-state index in [1.165, 1.54) is 23.3 Å². The van der Waals surface area contributed by atoms with Crippen molar-refractivity contribution < 1.29 is 4.39 Å². The SMILES string of the molecule is Cc1cc(C)c(/C=N\n2c(Cc3ccc(F)cc3)n[nH]c2=S)cc1C. The third kappa shape index (κ3) is 3.91. The topological polar surface area (TPSA) is 46.0 Å². The van der Waals surface area contributed by atoms with Crippen LogP contribution in [0.15, 0.2) is 41.5 Å². The molecule has 0 aliphatic rings. The molecule has 4 nitrogen and oxygen atoms in total. The van der Waals surface area contributed by atoms with Crippen LogP contribution in [0.3, 0.4) is 0 Å². The number of hydrogen-bond donors (Lipinski definition) is 1. The van der Waals surface area contributed by atoms with Crippen LogP contribution in [0.25, 0.3) is 0 Å². The summed E-state index contributed by atoms with van der Waals surface area (Å²) in [6.07, 6.45) is 2.30. The van der Waals surface area contributed by atoms with E-state index in [0.29, 0.717) is 17.0 Å². The molecule has 6 heteroatoms. The van der Waals surface area contributed by atoms with Crippen molar-refractivity contribution in [1.29, 1.82) is 0 Å². The predicted molar refractivity (Wildman–Crippen MR) is 100 cm³/mol. The molecule has 0 atom stereocenters. The molecule has 0 radical (unpaired) electrons. The van der Waals surface area contributed by atoms with Gasteiger partial charge in [0.25, 0.3) is 0 Å².